The Bertz CT molecular complexity index is 146. The van der Waals surface area contributed by atoms with E-state index in [1.807, 2.05) is 0 Å². The highest BCUT2D eigenvalue weighted by molar-refractivity contribution is 14.1. The number of nitrogens with zero attached hydrogens (tertiary/aromatic N) is 1. The van der Waals surface area contributed by atoms with Crippen LogP contribution >= 0.6 is 22.6 Å². The van der Waals surface area contributed by atoms with Crippen molar-refractivity contribution in [3.05, 3.63) is 0 Å². The van der Waals surface area contributed by atoms with Gasteiger partial charge in [-0.1, -0.05) is 22.6 Å². The molecule has 0 bridgehead atoms. The molecule has 0 aliphatic carbocycles. The first kappa shape index (κ1) is 13.2. The van der Waals surface area contributed by atoms with Crippen LogP contribution in [0.3, 0.4) is 0 Å². The molecule has 0 aliphatic rings. The Morgan fingerprint density at radius 3 is 2.54 bits per heavy atom. The number of aliphatic hydroxyl groups excluding tert-OH is 1. The van der Waals surface area contributed by atoms with Crippen LogP contribution in [0, 0.1) is 5.53 Å². The molecule has 3 atom stereocenters. The number of hydrogen-bond acceptors (Lipinski definition) is 5. The van der Waals surface area contributed by atoms with Crippen molar-refractivity contribution in [2.45, 2.75) is 25.4 Å². The molecule has 0 rings (SSSR count). The third-order valence-corrected chi connectivity index (χ3v) is 2.38. The topological polar surface area (TPSA) is 74.9 Å². The van der Waals surface area contributed by atoms with Gasteiger partial charge in [0.25, 0.3) is 0 Å². The molecular formula is C7H15IN2O3. The number of hydrogen-bond donors (Lipinski definition) is 2. The van der Waals surface area contributed by atoms with Crippen LogP contribution in [0.5, 0.6) is 0 Å². The van der Waals surface area contributed by atoms with Crippen LogP contribution < -0.4 is 0 Å². The molecule has 0 aliphatic heterocycles. The number of rotatable bonds is 7. The van der Waals surface area contributed by atoms with E-state index >= 15 is 0 Å². The van der Waals surface area contributed by atoms with Gasteiger partial charge < -0.3 is 14.6 Å². The van der Waals surface area contributed by atoms with Gasteiger partial charge in [-0.15, -0.1) is 0 Å². The molecule has 0 aromatic carbocycles. The maximum absolute atomic E-state index is 9.14. The fourth-order valence-corrected chi connectivity index (χ4v) is 1.22. The minimum absolute atomic E-state index is 0.126. The molecular weight excluding hydrogens is 287 g/mol. The molecule has 0 radical (unpaired) electrons. The highest BCUT2D eigenvalue weighted by Crippen LogP contribution is 2.07. The summed E-state index contributed by atoms with van der Waals surface area (Å²) < 4.78 is 11.0. The van der Waals surface area contributed by atoms with Crippen molar-refractivity contribution in [2.24, 2.45) is 5.11 Å². The second kappa shape index (κ2) is 7.60. The van der Waals surface area contributed by atoms with Crippen LogP contribution in [-0.2, 0) is 9.47 Å². The van der Waals surface area contributed by atoms with Crippen molar-refractivity contribution >= 4 is 22.6 Å². The Balaban J connectivity index is 3.95. The lowest BCUT2D eigenvalue weighted by molar-refractivity contribution is -0.0815. The van der Waals surface area contributed by atoms with Crippen LogP contribution in [0.2, 0.25) is 0 Å². The smallest absolute Gasteiger partial charge is 0.194 e. The SMILES string of the molecule is COC[C@@H](CI)O[C@@H](N=N)[C@H](C)O. The summed E-state index contributed by atoms with van der Waals surface area (Å²) in [6.45, 7) is 1.99. The average Bonchev–Trinajstić information content (AvgIpc) is 2.11. The molecule has 0 unspecified atom stereocenters. The number of ether oxygens (including phenoxy) is 2. The molecule has 13 heavy (non-hydrogen) atoms. The third-order valence-electron chi connectivity index (χ3n) is 1.40. The van der Waals surface area contributed by atoms with Crippen molar-refractivity contribution in [3.8, 4) is 0 Å². The van der Waals surface area contributed by atoms with Crippen LogP contribution in [0.4, 0.5) is 0 Å². The van der Waals surface area contributed by atoms with E-state index in [2.05, 4.69) is 27.7 Å². The van der Waals surface area contributed by atoms with Crippen LogP contribution in [0.1, 0.15) is 6.92 Å². The Morgan fingerprint density at radius 2 is 2.23 bits per heavy atom. The highest BCUT2D eigenvalue weighted by atomic mass is 127. The first-order valence-electron chi connectivity index (χ1n) is 3.90. The summed E-state index contributed by atoms with van der Waals surface area (Å²) in [4.78, 5) is 0. The summed E-state index contributed by atoms with van der Waals surface area (Å²) in [5.41, 5.74) is 6.79. The Morgan fingerprint density at radius 1 is 1.62 bits per heavy atom. The Hall–Kier alpha value is 0.210. The Labute approximate surface area is 91.4 Å². The average molecular weight is 302 g/mol. The maximum atomic E-state index is 9.14. The number of methoxy groups -OCH3 is 1. The van der Waals surface area contributed by atoms with Crippen molar-refractivity contribution in [2.75, 3.05) is 18.1 Å². The molecule has 0 saturated heterocycles. The highest BCUT2D eigenvalue weighted by Gasteiger charge is 2.19. The maximum Gasteiger partial charge on any atom is 0.194 e. The zero-order chi connectivity index (χ0) is 10.3. The van der Waals surface area contributed by atoms with E-state index in [0.717, 1.165) is 4.43 Å². The van der Waals surface area contributed by atoms with Crippen LogP contribution in [-0.4, -0.2) is 41.7 Å². The van der Waals surface area contributed by atoms with Gasteiger partial charge in [-0.2, -0.15) is 5.11 Å². The van der Waals surface area contributed by atoms with Gasteiger partial charge in [-0.05, 0) is 6.92 Å². The number of nitrogens with one attached hydrogen (secondary N) is 1. The molecule has 0 aromatic heterocycles. The fourth-order valence-electron chi connectivity index (χ4n) is 0.755. The van der Waals surface area contributed by atoms with Gasteiger partial charge in [0.1, 0.15) is 0 Å². The van der Waals surface area contributed by atoms with Gasteiger partial charge >= 0.3 is 0 Å². The largest absolute Gasteiger partial charge is 0.389 e. The van der Waals surface area contributed by atoms with Gasteiger partial charge in [0.2, 0.25) is 0 Å². The molecule has 6 heteroatoms. The molecule has 0 fully saturated rings. The predicted molar refractivity (Wildman–Crippen MR) is 56.3 cm³/mol. The van der Waals surface area contributed by atoms with E-state index in [4.69, 9.17) is 20.1 Å². The summed E-state index contributed by atoms with van der Waals surface area (Å²) in [7, 11) is 1.58. The first-order chi connectivity index (χ1) is 6.15. The van der Waals surface area contributed by atoms with E-state index < -0.39 is 12.3 Å². The quantitative estimate of drug-likeness (QED) is 0.421. The molecule has 5 nitrogen and oxygen atoms in total. The molecule has 78 valence electrons. The van der Waals surface area contributed by atoms with Crippen molar-refractivity contribution < 1.29 is 14.6 Å². The van der Waals surface area contributed by atoms with Crippen LogP contribution in [0.25, 0.3) is 0 Å². The normalized spacial score (nSPS) is 17.8. The minimum Gasteiger partial charge on any atom is -0.389 e. The summed E-state index contributed by atoms with van der Waals surface area (Å²) in [6.07, 6.45) is -1.67. The van der Waals surface area contributed by atoms with Gasteiger partial charge in [0.05, 0.1) is 18.8 Å². The summed E-state index contributed by atoms with van der Waals surface area (Å²) in [5.74, 6) is 0. The molecule has 0 heterocycles. The van der Waals surface area contributed by atoms with E-state index in [1.165, 1.54) is 0 Å². The fraction of sp³-hybridized carbons (Fsp3) is 1.00. The first-order valence-corrected chi connectivity index (χ1v) is 5.43. The third kappa shape index (κ3) is 5.50. The van der Waals surface area contributed by atoms with Crippen molar-refractivity contribution in [1.82, 2.24) is 0 Å². The zero-order valence-electron chi connectivity index (χ0n) is 7.74. The van der Waals surface area contributed by atoms with Gasteiger partial charge in [-0.25, -0.2) is 5.53 Å². The van der Waals surface area contributed by atoms with E-state index in [0.29, 0.717) is 6.61 Å². The molecule has 0 amide bonds. The predicted octanol–water partition coefficient (Wildman–Crippen LogP) is 1.19. The number of aliphatic hydroxyl groups is 1. The lowest BCUT2D eigenvalue weighted by atomic mass is 10.3. The lowest BCUT2D eigenvalue weighted by Gasteiger charge is -2.20. The summed E-state index contributed by atoms with van der Waals surface area (Å²) >= 11 is 2.16. The van der Waals surface area contributed by atoms with Gasteiger partial charge in [0.15, 0.2) is 6.23 Å². The minimum atomic E-state index is -0.782. The monoisotopic (exact) mass is 302 g/mol. The van der Waals surface area contributed by atoms with Gasteiger partial charge in [-0.3, -0.25) is 0 Å². The lowest BCUT2D eigenvalue weighted by Crippen LogP contribution is -2.32. The second-order valence-electron chi connectivity index (χ2n) is 2.63. The molecule has 2 N–H and O–H groups in total. The number of alkyl halides is 1. The summed E-state index contributed by atoms with van der Waals surface area (Å²) in [5, 5.41) is 12.3. The van der Waals surface area contributed by atoms with E-state index in [1.54, 1.807) is 14.0 Å². The van der Waals surface area contributed by atoms with Crippen molar-refractivity contribution in [3.63, 3.8) is 0 Å². The molecule has 0 spiro atoms. The Kier molecular flexibility index (Phi) is 7.72. The zero-order valence-corrected chi connectivity index (χ0v) is 9.89. The summed E-state index contributed by atoms with van der Waals surface area (Å²) in [6, 6.07) is 0. The van der Waals surface area contributed by atoms with Crippen LogP contribution in [0.15, 0.2) is 5.11 Å². The van der Waals surface area contributed by atoms with E-state index in [-0.39, 0.29) is 6.10 Å². The standard InChI is InChI=1S/C7H15IN2O3/c1-5(11)7(10-9)13-6(3-8)4-12-2/h5-7,9,11H,3-4H2,1-2H3/t5-,6+,7+/m0/s1. The van der Waals surface area contributed by atoms with E-state index in [9.17, 15) is 0 Å². The molecule has 0 aromatic rings. The number of halogens is 1. The molecule has 0 saturated carbocycles. The van der Waals surface area contributed by atoms with Crippen molar-refractivity contribution in [1.29, 1.82) is 5.53 Å². The van der Waals surface area contributed by atoms with Gasteiger partial charge in [0, 0.05) is 11.5 Å². The second-order valence-corrected chi connectivity index (χ2v) is 3.51.